The molecule has 9 heterocycles. The summed E-state index contributed by atoms with van der Waals surface area (Å²) in [6.45, 7) is 0. The fourth-order valence-corrected chi connectivity index (χ4v) is 9.57. The number of nitrogens with one attached hydrogen (secondary N) is 1. The van der Waals surface area contributed by atoms with Gasteiger partial charge in [-0.3, -0.25) is 39.9 Å². The number of pyridine rings is 8. The molecule has 0 spiro atoms. The highest BCUT2D eigenvalue weighted by Crippen LogP contribution is 2.40. The average Bonchev–Trinajstić information content (AvgIpc) is 3.48. The van der Waals surface area contributed by atoms with Gasteiger partial charge >= 0.3 is 0 Å². The van der Waals surface area contributed by atoms with Crippen molar-refractivity contribution in [3.63, 3.8) is 0 Å². The Labute approximate surface area is 415 Å². The van der Waals surface area contributed by atoms with Gasteiger partial charge in [0, 0.05) is 100 Å². The summed E-state index contributed by atoms with van der Waals surface area (Å²) in [5, 5.41) is 10.6. The Kier molecular flexibility index (Phi) is 10.7. The van der Waals surface area contributed by atoms with E-state index in [0.29, 0.717) is 0 Å². The van der Waals surface area contributed by atoms with Gasteiger partial charge in [0.05, 0.1) is 51.6 Å². The van der Waals surface area contributed by atoms with E-state index in [-0.39, 0.29) is 6.04 Å². The van der Waals surface area contributed by atoms with Crippen LogP contribution in [0.3, 0.4) is 0 Å². The van der Waals surface area contributed by atoms with Crippen molar-refractivity contribution >= 4 is 37.9 Å². The zero-order chi connectivity index (χ0) is 47.8. The molecule has 338 valence electrons. The highest BCUT2D eigenvalue weighted by atomic mass is 14.9. The molecule has 0 aliphatic carbocycles. The predicted molar refractivity (Wildman–Crippen MR) is 289 cm³/mol. The van der Waals surface area contributed by atoms with Crippen LogP contribution < -0.4 is 5.32 Å². The van der Waals surface area contributed by atoms with E-state index in [1.54, 1.807) is 18.6 Å². The molecule has 0 amide bonds. The monoisotopic (exact) mass is 923 g/mol. The number of dihydropyridines is 1. The first kappa shape index (κ1) is 42.3. The van der Waals surface area contributed by atoms with Gasteiger partial charge in [-0.2, -0.15) is 0 Å². The third kappa shape index (κ3) is 8.10. The lowest BCUT2D eigenvalue weighted by molar-refractivity contribution is 0.750. The Balaban J connectivity index is 0.844. The number of aromatic nitrogens is 8. The molecule has 0 saturated carbocycles. The predicted octanol–water partition coefficient (Wildman–Crippen LogP) is 14.2. The number of benzene rings is 4. The van der Waals surface area contributed by atoms with Crippen LogP contribution in [0.1, 0.15) is 17.3 Å². The van der Waals surface area contributed by atoms with Crippen LogP contribution in [0.4, 0.5) is 0 Å². The maximum atomic E-state index is 4.98. The SMILES string of the molecule is C1=CC(c2ccc3c4cc(-c5ccc(-c6ccc(-c7ccccn7)cn6)cn5)ccc4c4cc(-c5ccc(-c6ccc(-c7ccccn7)cn6)cn5)ccc4c3c2)NC=C1c1ccc(-c2ccccn2)cn1. The largest absolute Gasteiger partial charge is 0.380 e. The first-order valence-electron chi connectivity index (χ1n) is 23.8. The first-order valence-corrected chi connectivity index (χ1v) is 23.8. The number of nitrogens with zero attached hydrogens (tertiary/aromatic N) is 8. The van der Waals surface area contributed by atoms with E-state index in [1.807, 2.05) is 104 Å². The normalized spacial score (nSPS) is 13.3. The van der Waals surface area contributed by atoms with Crippen molar-refractivity contribution in [1.82, 2.24) is 45.2 Å². The third-order valence-electron chi connectivity index (χ3n) is 13.4. The van der Waals surface area contributed by atoms with Crippen molar-refractivity contribution < 1.29 is 0 Å². The van der Waals surface area contributed by atoms with Crippen LogP contribution >= 0.6 is 0 Å². The van der Waals surface area contributed by atoms with Crippen LogP contribution in [0.5, 0.6) is 0 Å². The van der Waals surface area contributed by atoms with Gasteiger partial charge in [-0.15, -0.1) is 0 Å². The second kappa shape index (κ2) is 18.2. The molecule has 0 radical (unpaired) electrons. The second-order valence-electron chi connectivity index (χ2n) is 17.7. The molecule has 1 aliphatic heterocycles. The summed E-state index contributed by atoms with van der Waals surface area (Å²) < 4.78 is 0. The molecule has 4 aromatic carbocycles. The lowest BCUT2D eigenvalue weighted by atomic mass is 9.89. The van der Waals surface area contributed by atoms with E-state index in [0.717, 1.165) is 112 Å². The minimum Gasteiger partial charge on any atom is -0.380 e. The smallest absolute Gasteiger partial charge is 0.0717 e. The molecule has 1 N–H and O–H groups in total. The topological polar surface area (TPSA) is 115 Å². The second-order valence-corrected chi connectivity index (χ2v) is 17.7. The molecule has 1 atom stereocenters. The third-order valence-corrected chi connectivity index (χ3v) is 13.4. The molecule has 0 saturated heterocycles. The summed E-state index contributed by atoms with van der Waals surface area (Å²) in [5.41, 5.74) is 16.1. The summed E-state index contributed by atoms with van der Waals surface area (Å²) >= 11 is 0. The van der Waals surface area contributed by atoms with E-state index in [9.17, 15) is 0 Å². The molecule has 12 aromatic rings. The molecule has 1 aliphatic rings. The van der Waals surface area contributed by atoms with Crippen LogP contribution in [0.2, 0.25) is 0 Å². The van der Waals surface area contributed by atoms with Gasteiger partial charge in [0.1, 0.15) is 0 Å². The molecule has 13 rings (SSSR count). The lowest BCUT2D eigenvalue weighted by Crippen LogP contribution is -2.16. The van der Waals surface area contributed by atoms with Crippen molar-refractivity contribution in [1.29, 1.82) is 0 Å². The number of allylic oxidation sites excluding steroid dienone is 2. The van der Waals surface area contributed by atoms with Crippen molar-refractivity contribution in [2.45, 2.75) is 6.04 Å². The van der Waals surface area contributed by atoms with Gasteiger partial charge in [0.2, 0.25) is 0 Å². The lowest BCUT2D eigenvalue weighted by Gasteiger charge is -2.21. The van der Waals surface area contributed by atoms with E-state index in [4.69, 9.17) is 24.9 Å². The molecule has 9 nitrogen and oxygen atoms in total. The summed E-state index contributed by atoms with van der Waals surface area (Å²) in [6, 6.07) is 58.5. The summed E-state index contributed by atoms with van der Waals surface area (Å²) in [5.74, 6) is 0. The number of fused-ring (bicyclic) bond motifs is 6. The Morgan fingerprint density at radius 3 is 1.01 bits per heavy atom. The molecule has 0 fully saturated rings. The summed E-state index contributed by atoms with van der Waals surface area (Å²) in [4.78, 5) is 37.7. The highest BCUT2D eigenvalue weighted by Gasteiger charge is 2.18. The van der Waals surface area contributed by atoms with Gasteiger partial charge in [0.15, 0.2) is 0 Å². The van der Waals surface area contributed by atoms with Gasteiger partial charge in [-0.05, 0) is 153 Å². The Bertz CT molecular complexity index is 3830. The standard InChI is InChI=1S/C63H41N9/c1-4-28-64-55(7-1)43-16-25-61(70-34-43)46-13-22-58(67-37-46)40-10-19-49-52(31-40)50-20-11-41(59-23-14-47(38-68-59)62-26-17-44(35-71-62)56-8-2-5-29-65-56)33-54(50)51-21-12-42(32-53(49)51)60-24-15-48(39-69-60)63-27-18-45(36-72-63)57-9-3-6-30-66-57/h1-39,58,67H. The van der Waals surface area contributed by atoms with Crippen LogP contribution in [-0.4, -0.2) is 39.9 Å². The fourth-order valence-electron chi connectivity index (χ4n) is 9.57. The van der Waals surface area contributed by atoms with Crippen LogP contribution in [0.15, 0.2) is 238 Å². The van der Waals surface area contributed by atoms with Crippen LogP contribution in [0.25, 0.3) is 117 Å². The van der Waals surface area contributed by atoms with E-state index in [1.165, 1.54) is 16.2 Å². The Morgan fingerprint density at radius 2 is 0.653 bits per heavy atom. The maximum Gasteiger partial charge on any atom is 0.0717 e. The maximum absolute atomic E-state index is 4.98. The number of hydrogen-bond acceptors (Lipinski definition) is 9. The molecule has 1 unspecified atom stereocenters. The molecular weight excluding hydrogens is 883 g/mol. The Hall–Kier alpha value is -9.86. The van der Waals surface area contributed by atoms with E-state index >= 15 is 0 Å². The molecular formula is C63H41N9. The van der Waals surface area contributed by atoms with E-state index in [2.05, 4.69) is 136 Å². The number of rotatable bonds is 9. The van der Waals surface area contributed by atoms with E-state index < -0.39 is 0 Å². The zero-order valence-corrected chi connectivity index (χ0v) is 38.7. The molecule has 72 heavy (non-hydrogen) atoms. The molecule has 8 aromatic heterocycles. The minimum atomic E-state index is -0.0332. The van der Waals surface area contributed by atoms with Crippen molar-refractivity contribution in [3.8, 4) is 78.8 Å². The zero-order valence-electron chi connectivity index (χ0n) is 38.7. The van der Waals surface area contributed by atoms with Gasteiger partial charge in [-0.1, -0.05) is 66.7 Å². The summed E-state index contributed by atoms with van der Waals surface area (Å²) in [6.07, 6.45) is 21.2. The van der Waals surface area contributed by atoms with Crippen LogP contribution in [0, 0.1) is 0 Å². The van der Waals surface area contributed by atoms with Crippen molar-refractivity contribution in [2.75, 3.05) is 0 Å². The number of hydrogen-bond donors (Lipinski definition) is 1. The van der Waals surface area contributed by atoms with Gasteiger partial charge in [0.25, 0.3) is 0 Å². The quantitative estimate of drug-likeness (QED) is 0.141. The van der Waals surface area contributed by atoms with Crippen molar-refractivity contribution in [2.24, 2.45) is 0 Å². The highest BCUT2D eigenvalue weighted by molar-refractivity contribution is 6.26. The summed E-state index contributed by atoms with van der Waals surface area (Å²) in [7, 11) is 0. The van der Waals surface area contributed by atoms with Crippen LogP contribution in [-0.2, 0) is 0 Å². The Morgan fingerprint density at radius 1 is 0.292 bits per heavy atom. The minimum absolute atomic E-state index is 0.0332. The van der Waals surface area contributed by atoms with Gasteiger partial charge in [-0.25, -0.2) is 0 Å². The first-order chi connectivity index (χ1) is 35.6. The fraction of sp³-hybridized carbons (Fsp3) is 0.0159. The van der Waals surface area contributed by atoms with Gasteiger partial charge < -0.3 is 5.32 Å². The molecule has 9 heteroatoms. The average molecular weight is 924 g/mol. The molecule has 0 bridgehead atoms. The van der Waals surface area contributed by atoms with Crippen molar-refractivity contribution in [3.05, 3.63) is 249 Å².